The van der Waals surface area contributed by atoms with Gasteiger partial charge in [-0.15, -0.1) is 11.3 Å². The maximum atomic E-state index is 11.5. The van der Waals surface area contributed by atoms with Gasteiger partial charge in [0.05, 0.1) is 28.2 Å². The molecule has 25 heavy (non-hydrogen) atoms. The zero-order valence-corrected chi connectivity index (χ0v) is 14.0. The van der Waals surface area contributed by atoms with Gasteiger partial charge in [0.15, 0.2) is 5.01 Å². The Hall–Kier alpha value is -3.26. The first-order valence-corrected chi connectivity index (χ1v) is 8.22. The number of carbonyl (C=O) groups is 1. The number of amides is 1. The molecular formula is C17H13N5O2S. The van der Waals surface area contributed by atoms with E-state index in [1.807, 2.05) is 36.4 Å². The van der Waals surface area contributed by atoms with Crippen LogP contribution in [-0.2, 0) is 0 Å². The van der Waals surface area contributed by atoms with Crippen LogP contribution < -0.4 is 15.8 Å². The van der Waals surface area contributed by atoms with Crippen LogP contribution >= 0.6 is 11.3 Å². The summed E-state index contributed by atoms with van der Waals surface area (Å²) in [6.45, 7) is 0. The van der Waals surface area contributed by atoms with Crippen molar-refractivity contribution in [1.82, 2.24) is 15.0 Å². The number of nitrogens with one attached hydrogen (secondary N) is 1. The monoisotopic (exact) mass is 351 g/mol. The molecule has 0 fully saturated rings. The third kappa shape index (κ3) is 2.72. The summed E-state index contributed by atoms with van der Waals surface area (Å²) in [5, 5.41) is 4.36. The molecule has 2 heterocycles. The van der Waals surface area contributed by atoms with Gasteiger partial charge < -0.3 is 15.8 Å². The van der Waals surface area contributed by atoms with Gasteiger partial charge >= 0.3 is 0 Å². The SMILES string of the molecule is COc1ccc(Nc2ncnc3ccc4nc(C(N)=O)sc4c23)cc1. The summed E-state index contributed by atoms with van der Waals surface area (Å²) >= 11 is 1.24. The molecule has 3 N–H and O–H groups in total. The second kappa shape index (κ2) is 5.99. The fraction of sp³-hybridized carbons (Fsp3) is 0.0588. The number of fused-ring (bicyclic) bond motifs is 3. The number of benzene rings is 2. The minimum absolute atomic E-state index is 0.266. The smallest absolute Gasteiger partial charge is 0.277 e. The fourth-order valence-corrected chi connectivity index (χ4v) is 3.50. The van der Waals surface area contributed by atoms with Crippen LogP contribution in [0.25, 0.3) is 21.1 Å². The number of nitrogens with zero attached hydrogens (tertiary/aromatic N) is 3. The molecule has 0 atom stereocenters. The number of anilines is 2. The lowest BCUT2D eigenvalue weighted by Gasteiger charge is -2.09. The van der Waals surface area contributed by atoms with Gasteiger partial charge in [-0.3, -0.25) is 4.79 Å². The van der Waals surface area contributed by atoms with Crippen molar-refractivity contribution in [1.29, 1.82) is 0 Å². The van der Waals surface area contributed by atoms with E-state index in [9.17, 15) is 4.79 Å². The average Bonchev–Trinajstić information content (AvgIpc) is 3.07. The molecule has 0 saturated heterocycles. The summed E-state index contributed by atoms with van der Waals surface area (Å²) in [5.41, 5.74) is 7.68. The molecule has 1 amide bonds. The molecule has 124 valence electrons. The maximum absolute atomic E-state index is 11.5. The topological polar surface area (TPSA) is 103 Å². The Morgan fingerprint density at radius 2 is 1.88 bits per heavy atom. The Bertz CT molecular complexity index is 1090. The number of hydrogen-bond donors (Lipinski definition) is 2. The van der Waals surface area contributed by atoms with Gasteiger partial charge in [0.2, 0.25) is 0 Å². The van der Waals surface area contributed by atoms with Crippen molar-refractivity contribution in [2.24, 2.45) is 5.73 Å². The molecule has 4 aromatic rings. The highest BCUT2D eigenvalue weighted by Crippen LogP contribution is 2.34. The van der Waals surface area contributed by atoms with E-state index in [0.717, 1.165) is 27.0 Å². The molecule has 0 spiro atoms. The van der Waals surface area contributed by atoms with E-state index in [4.69, 9.17) is 10.5 Å². The molecule has 0 unspecified atom stereocenters. The Kier molecular flexibility index (Phi) is 3.66. The third-order valence-electron chi connectivity index (χ3n) is 3.72. The molecule has 0 bridgehead atoms. The first-order valence-electron chi connectivity index (χ1n) is 7.41. The minimum Gasteiger partial charge on any atom is -0.497 e. The fourth-order valence-electron chi connectivity index (χ4n) is 2.54. The van der Waals surface area contributed by atoms with Crippen LogP contribution in [-0.4, -0.2) is 28.0 Å². The summed E-state index contributed by atoms with van der Waals surface area (Å²) in [6, 6.07) is 11.2. The Labute approximate surface area is 146 Å². The van der Waals surface area contributed by atoms with E-state index in [1.165, 1.54) is 17.7 Å². The number of thiazole rings is 1. The van der Waals surface area contributed by atoms with Crippen LogP contribution in [0.2, 0.25) is 0 Å². The summed E-state index contributed by atoms with van der Waals surface area (Å²) in [7, 11) is 1.62. The van der Waals surface area contributed by atoms with Crippen LogP contribution in [0.15, 0.2) is 42.7 Å². The number of rotatable bonds is 4. The van der Waals surface area contributed by atoms with Gasteiger partial charge in [-0.25, -0.2) is 15.0 Å². The van der Waals surface area contributed by atoms with Gasteiger partial charge in [0, 0.05) is 5.69 Å². The number of hydrogen-bond acceptors (Lipinski definition) is 7. The van der Waals surface area contributed by atoms with Crippen LogP contribution in [0, 0.1) is 0 Å². The standard InChI is InChI=1S/C17H13N5O2S/c1-24-10-4-2-9(3-5-10)21-16-13-11(19-8-20-16)6-7-12-14(13)25-17(22-12)15(18)23/h2-8H,1H3,(H2,18,23)(H,19,20,21). The van der Waals surface area contributed by atoms with Gasteiger partial charge in [0.1, 0.15) is 17.9 Å². The lowest BCUT2D eigenvalue weighted by atomic mass is 10.2. The molecule has 0 aliphatic carbocycles. The molecule has 0 saturated carbocycles. The summed E-state index contributed by atoms with van der Waals surface area (Å²) in [6.07, 6.45) is 1.50. The zero-order chi connectivity index (χ0) is 17.4. The average molecular weight is 351 g/mol. The molecular weight excluding hydrogens is 338 g/mol. The van der Waals surface area contributed by atoms with Crippen LogP contribution in [0.5, 0.6) is 5.75 Å². The second-order valence-electron chi connectivity index (χ2n) is 5.27. The Morgan fingerprint density at radius 3 is 2.60 bits per heavy atom. The van der Waals surface area contributed by atoms with Crippen molar-refractivity contribution in [3.05, 3.63) is 47.7 Å². The van der Waals surface area contributed by atoms with Gasteiger partial charge in [-0.2, -0.15) is 0 Å². The summed E-state index contributed by atoms with van der Waals surface area (Å²) in [4.78, 5) is 24.4. The molecule has 2 aromatic heterocycles. The summed E-state index contributed by atoms with van der Waals surface area (Å²) in [5.74, 6) is 0.866. The van der Waals surface area contributed by atoms with Crippen molar-refractivity contribution < 1.29 is 9.53 Å². The minimum atomic E-state index is -0.545. The largest absolute Gasteiger partial charge is 0.497 e. The normalized spacial score (nSPS) is 10.9. The Morgan fingerprint density at radius 1 is 1.12 bits per heavy atom. The lowest BCUT2D eigenvalue weighted by Crippen LogP contribution is -2.09. The van der Waals surface area contributed by atoms with E-state index in [-0.39, 0.29) is 5.01 Å². The molecule has 0 aliphatic rings. The van der Waals surface area contributed by atoms with Crippen molar-refractivity contribution in [2.45, 2.75) is 0 Å². The second-order valence-corrected chi connectivity index (χ2v) is 6.27. The van der Waals surface area contributed by atoms with Crippen molar-refractivity contribution in [2.75, 3.05) is 12.4 Å². The molecule has 4 rings (SSSR count). The van der Waals surface area contributed by atoms with E-state index < -0.39 is 5.91 Å². The van der Waals surface area contributed by atoms with Gasteiger partial charge in [0.25, 0.3) is 5.91 Å². The number of nitrogens with two attached hydrogens (primary N) is 1. The van der Waals surface area contributed by atoms with Crippen molar-refractivity contribution >= 4 is 49.9 Å². The number of methoxy groups -OCH3 is 1. The predicted octanol–water partition coefficient (Wildman–Crippen LogP) is 3.09. The quantitative estimate of drug-likeness (QED) is 0.586. The highest BCUT2D eigenvalue weighted by molar-refractivity contribution is 7.21. The van der Waals surface area contributed by atoms with Gasteiger partial charge in [-0.05, 0) is 36.4 Å². The van der Waals surface area contributed by atoms with Gasteiger partial charge in [-0.1, -0.05) is 0 Å². The van der Waals surface area contributed by atoms with E-state index in [1.54, 1.807) is 7.11 Å². The number of carbonyl (C=O) groups excluding carboxylic acids is 1. The maximum Gasteiger partial charge on any atom is 0.277 e. The first kappa shape index (κ1) is 15.3. The van der Waals surface area contributed by atoms with Crippen LogP contribution in [0.3, 0.4) is 0 Å². The molecule has 0 radical (unpaired) electrons. The number of aromatic nitrogens is 3. The Balaban J connectivity index is 1.87. The molecule has 7 nitrogen and oxygen atoms in total. The van der Waals surface area contributed by atoms with E-state index >= 15 is 0 Å². The van der Waals surface area contributed by atoms with E-state index in [0.29, 0.717) is 11.3 Å². The molecule has 2 aromatic carbocycles. The number of ether oxygens (including phenoxy) is 1. The lowest BCUT2D eigenvalue weighted by molar-refractivity contribution is 0.1000. The highest BCUT2D eigenvalue weighted by atomic mass is 32.1. The van der Waals surface area contributed by atoms with E-state index in [2.05, 4.69) is 20.3 Å². The van der Waals surface area contributed by atoms with Crippen LogP contribution in [0.4, 0.5) is 11.5 Å². The summed E-state index contributed by atoms with van der Waals surface area (Å²) < 4.78 is 5.99. The highest BCUT2D eigenvalue weighted by Gasteiger charge is 2.15. The molecule has 8 heteroatoms. The van der Waals surface area contributed by atoms with Crippen LogP contribution in [0.1, 0.15) is 9.80 Å². The first-order chi connectivity index (χ1) is 12.2. The van der Waals surface area contributed by atoms with Crippen molar-refractivity contribution in [3.8, 4) is 5.75 Å². The zero-order valence-electron chi connectivity index (χ0n) is 13.2. The van der Waals surface area contributed by atoms with Crippen molar-refractivity contribution in [3.63, 3.8) is 0 Å². The third-order valence-corrected chi connectivity index (χ3v) is 4.82. The predicted molar refractivity (Wildman–Crippen MR) is 97.5 cm³/mol. The molecule has 0 aliphatic heterocycles. The number of primary amides is 1.